The highest BCUT2D eigenvalue weighted by atomic mass is 35.5. The van der Waals surface area contributed by atoms with E-state index in [4.69, 9.17) is 17.5 Å². The lowest BCUT2D eigenvalue weighted by atomic mass is 9.99. The molecule has 0 saturated carbocycles. The van der Waals surface area contributed by atoms with Crippen LogP contribution in [0.4, 0.5) is 4.39 Å². The van der Waals surface area contributed by atoms with Crippen LogP contribution in [0.3, 0.4) is 0 Å². The van der Waals surface area contributed by atoms with Gasteiger partial charge in [0.15, 0.2) is 0 Å². The molecule has 0 heterocycles. The summed E-state index contributed by atoms with van der Waals surface area (Å²) in [7, 11) is 0. The third-order valence-electron chi connectivity index (χ3n) is 2.28. The Hall–Kier alpha value is -0.640. The molecule has 1 aromatic rings. The van der Waals surface area contributed by atoms with Crippen LogP contribution in [0.15, 0.2) is 12.1 Å². The second-order valence-electron chi connectivity index (χ2n) is 3.75. The topological polar surface area (TPSA) is 35.2 Å². The van der Waals surface area contributed by atoms with Crippen molar-refractivity contribution < 1.29 is 9.23 Å². The molecule has 0 aliphatic rings. The normalized spacial score (nSPS) is 11.1. The molecule has 2 nitrogen and oxygen atoms in total. The predicted molar refractivity (Wildman–Crippen MR) is 59.3 cm³/mol. The Morgan fingerprint density at radius 3 is 2.67 bits per heavy atom. The summed E-state index contributed by atoms with van der Waals surface area (Å²) >= 11 is 5.79. The number of hydrogen-bond acceptors (Lipinski definition) is 2. The van der Waals surface area contributed by atoms with E-state index in [-0.39, 0.29) is 17.4 Å². The van der Waals surface area contributed by atoms with Crippen molar-refractivity contribution in [3.8, 4) is 0 Å². The molecular weight excluding hydrogens is 217 g/mol. The molecule has 2 N–H and O–H groups in total. The maximum absolute atomic E-state index is 13.5. The Labute approximate surface area is 94.1 Å². The Balaban J connectivity index is 3.02. The molecule has 0 aliphatic carbocycles. The maximum atomic E-state index is 13.5. The Bertz CT molecular complexity index is 342. The van der Waals surface area contributed by atoms with Crippen molar-refractivity contribution in [2.75, 3.05) is 6.61 Å². The molecule has 0 unspecified atom stereocenters. The first-order valence-electron chi connectivity index (χ1n) is 4.85. The van der Waals surface area contributed by atoms with Crippen LogP contribution >= 0.6 is 11.6 Å². The molecule has 0 spiro atoms. The monoisotopic (exact) mass is 231 g/mol. The lowest BCUT2D eigenvalue weighted by Gasteiger charge is -2.10. The minimum atomic E-state index is -0.377. The van der Waals surface area contributed by atoms with Gasteiger partial charge in [-0.25, -0.2) is 10.3 Å². The summed E-state index contributed by atoms with van der Waals surface area (Å²) in [5.74, 6) is 4.85. The molecule has 0 fully saturated rings. The summed E-state index contributed by atoms with van der Waals surface area (Å²) in [5.41, 5.74) is 1.57. The average Bonchev–Trinajstić information content (AvgIpc) is 2.19. The van der Waals surface area contributed by atoms with Crippen molar-refractivity contribution in [3.63, 3.8) is 0 Å². The SMILES string of the molecule is CC(C)c1cc(Cl)c(F)c(CCON)c1. The summed E-state index contributed by atoms with van der Waals surface area (Å²) in [6.45, 7) is 4.36. The molecule has 4 heteroatoms. The molecule has 0 bridgehead atoms. The van der Waals surface area contributed by atoms with E-state index >= 15 is 0 Å². The van der Waals surface area contributed by atoms with Gasteiger partial charge in [0.05, 0.1) is 11.6 Å². The highest BCUT2D eigenvalue weighted by Crippen LogP contribution is 2.25. The van der Waals surface area contributed by atoms with Gasteiger partial charge in [-0.05, 0) is 23.1 Å². The van der Waals surface area contributed by atoms with E-state index in [2.05, 4.69) is 4.84 Å². The van der Waals surface area contributed by atoms with E-state index in [1.165, 1.54) is 0 Å². The predicted octanol–water partition coefficient (Wildman–Crippen LogP) is 3.04. The van der Waals surface area contributed by atoms with Crippen molar-refractivity contribution >= 4 is 11.6 Å². The first-order chi connectivity index (χ1) is 7.06. The van der Waals surface area contributed by atoms with Crippen molar-refractivity contribution in [1.82, 2.24) is 0 Å². The number of rotatable bonds is 4. The summed E-state index contributed by atoms with van der Waals surface area (Å²) in [5, 5.41) is 0.160. The van der Waals surface area contributed by atoms with Gasteiger partial charge >= 0.3 is 0 Å². The van der Waals surface area contributed by atoms with Gasteiger partial charge in [-0.2, -0.15) is 0 Å². The quantitative estimate of drug-likeness (QED) is 0.809. The van der Waals surface area contributed by atoms with Crippen molar-refractivity contribution in [3.05, 3.63) is 34.1 Å². The zero-order chi connectivity index (χ0) is 11.4. The standard InChI is InChI=1S/C11H15ClFNO/c1-7(2)9-5-8(3-4-15-14)11(13)10(12)6-9/h5-7H,3-4,14H2,1-2H3. The molecule has 15 heavy (non-hydrogen) atoms. The Morgan fingerprint density at radius 2 is 2.13 bits per heavy atom. The first-order valence-corrected chi connectivity index (χ1v) is 5.23. The van der Waals surface area contributed by atoms with Gasteiger partial charge in [0.1, 0.15) is 5.82 Å². The number of nitrogens with two attached hydrogens (primary N) is 1. The summed E-state index contributed by atoms with van der Waals surface area (Å²) in [4.78, 5) is 4.43. The van der Waals surface area contributed by atoms with Crippen molar-refractivity contribution in [2.45, 2.75) is 26.2 Å². The maximum Gasteiger partial charge on any atom is 0.145 e. The minimum absolute atomic E-state index is 0.160. The zero-order valence-corrected chi connectivity index (χ0v) is 9.64. The smallest absolute Gasteiger partial charge is 0.145 e. The highest BCUT2D eigenvalue weighted by molar-refractivity contribution is 6.30. The second-order valence-corrected chi connectivity index (χ2v) is 4.16. The third-order valence-corrected chi connectivity index (χ3v) is 2.56. The second kappa shape index (κ2) is 5.45. The largest absolute Gasteiger partial charge is 0.304 e. The number of hydrogen-bond donors (Lipinski definition) is 1. The van der Waals surface area contributed by atoms with E-state index in [9.17, 15) is 4.39 Å². The van der Waals surface area contributed by atoms with Gasteiger partial charge in [-0.3, -0.25) is 0 Å². The highest BCUT2D eigenvalue weighted by Gasteiger charge is 2.10. The molecule has 0 saturated heterocycles. The summed E-state index contributed by atoms with van der Waals surface area (Å²) in [6, 6.07) is 3.47. The van der Waals surface area contributed by atoms with Crippen molar-refractivity contribution in [2.24, 2.45) is 5.90 Å². The van der Waals surface area contributed by atoms with E-state index < -0.39 is 0 Å². The lowest BCUT2D eigenvalue weighted by molar-refractivity contribution is 0.140. The molecule has 1 rings (SSSR count). The molecule has 0 aromatic heterocycles. The Kier molecular flexibility index (Phi) is 4.51. The molecular formula is C11H15ClFNO. The van der Waals surface area contributed by atoms with Gasteiger partial charge in [0.25, 0.3) is 0 Å². The fraction of sp³-hybridized carbons (Fsp3) is 0.455. The molecule has 1 aromatic carbocycles. The minimum Gasteiger partial charge on any atom is -0.304 e. The fourth-order valence-electron chi connectivity index (χ4n) is 1.35. The zero-order valence-electron chi connectivity index (χ0n) is 8.89. The number of halogens is 2. The summed E-state index contributed by atoms with van der Waals surface area (Å²) in [6.07, 6.45) is 0.433. The van der Waals surface area contributed by atoms with E-state index in [1.807, 2.05) is 19.9 Å². The van der Waals surface area contributed by atoms with Gasteiger partial charge in [0, 0.05) is 6.42 Å². The molecule has 84 valence electrons. The van der Waals surface area contributed by atoms with E-state index in [1.54, 1.807) is 6.07 Å². The van der Waals surface area contributed by atoms with Gasteiger partial charge in [-0.15, -0.1) is 0 Å². The van der Waals surface area contributed by atoms with Crippen LogP contribution in [0.5, 0.6) is 0 Å². The summed E-state index contributed by atoms with van der Waals surface area (Å²) < 4.78 is 13.5. The third kappa shape index (κ3) is 3.16. The van der Waals surface area contributed by atoms with E-state index in [0.29, 0.717) is 17.9 Å². The van der Waals surface area contributed by atoms with Gasteiger partial charge < -0.3 is 4.84 Å². The van der Waals surface area contributed by atoms with Crippen LogP contribution in [0.1, 0.15) is 30.9 Å². The molecule has 0 aliphatic heterocycles. The van der Waals surface area contributed by atoms with Crippen molar-refractivity contribution in [1.29, 1.82) is 0 Å². The van der Waals surface area contributed by atoms with Gasteiger partial charge in [-0.1, -0.05) is 31.5 Å². The fourth-order valence-corrected chi connectivity index (χ4v) is 1.60. The number of benzene rings is 1. The molecule has 0 amide bonds. The van der Waals surface area contributed by atoms with Gasteiger partial charge in [0.2, 0.25) is 0 Å². The van der Waals surface area contributed by atoms with Crippen LogP contribution in [0.25, 0.3) is 0 Å². The first kappa shape index (κ1) is 12.4. The van der Waals surface area contributed by atoms with Crippen LogP contribution in [-0.2, 0) is 11.3 Å². The molecule has 0 radical (unpaired) electrons. The molecule has 0 atom stereocenters. The average molecular weight is 232 g/mol. The lowest BCUT2D eigenvalue weighted by Crippen LogP contribution is -2.06. The van der Waals surface area contributed by atoms with Crippen LogP contribution in [0.2, 0.25) is 5.02 Å². The van der Waals surface area contributed by atoms with E-state index in [0.717, 1.165) is 5.56 Å². The Morgan fingerprint density at radius 1 is 1.47 bits per heavy atom. The van der Waals surface area contributed by atoms with Crippen LogP contribution in [-0.4, -0.2) is 6.61 Å². The van der Waals surface area contributed by atoms with Crippen LogP contribution in [0, 0.1) is 5.82 Å². The van der Waals surface area contributed by atoms with Crippen LogP contribution < -0.4 is 5.90 Å².